The van der Waals surface area contributed by atoms with E-state index in [9.17, 15) is 4.79 Å². The van der Waals surface area contributed by atoms with Gasteiger partial charge in [0, 0.05) is 34.7 Å². The fourth-order valence-corrected chi connectivity index (χ4v) is 3.73. The third-order valence-corrected chi connectivity index (χ3v) is 5.19. The number of rotatable bonds is 1. The summed E-state index contributed by atoms with van der Waals surface area (Å²) in [6.07, 6.45) is 1.80. The van der Waals surface area contributed by atoms with Gasteiger partial charge in [-0.15, -0.1) is 0 Å². The second kappa shape index (κ2) is 5.14. The van der Waals surface area contributed by atoms with Crippen molar-refractivity contribution in [2.45, 2.75) is 19.3 Å². The van der Waals surface area contributed by atoms with Crippen LogP contribution < -0.4 is 5.32 Å². The van der Waals surface area contributed by atoms with Gasteiger partial charge in [0.1, 0.15) is 5.82 Å². The number of para-hydroxylation sites is 1. The van der Waals surface area contributed by atoms with Crippen LogP contribution in [0.5, 0.6) is 0 Å². The van der Waals surface area contributed by atoms with Crippen molar-refractivity contribution in [3.63, 3.8) is 0 Å². The Labute approximate surface area is 150 Å². The van der Waals surface area contributed by atoms with E-state index in [1.54, 1.807) is 6.20 Å². The maximum absolute atomic E-state index is 12.3. The maximum Gasteiger partial charge on any atom is 0.251 e. The lowest BCUT2D eigenvalue weighted by Crippen LogP contribution is -2.43. The van der Waals surface area contributed by atoms with Crippen LogP contribution in [0.15, 0.2) is 48.7 Å². The zero-order valence-electron chi connectivity index (χ0n) is 14.6. The highest BCUT2D eigenvalue weighted by Gasteiger charge is 2.32. The van der Waals surface area contributed by atoms with Gasteiger partial charge < -0.3 is 10.3 Å². The smallest absolute Gasteiger partial charge is 0.251 e. The van der Waals surface area contributed by atoms with E-state index in [-0.39, 0.29) is 11.3 Å². The van der Waals surface area contributed by atoms with Crippen molar-refractivity contribution >= 4 is 27.8 Å². The van der Waals surface area contributed by atoms with Crippen LogP contribution in [0.2, 0.25) is 0 Å². The number of pyridine rings is 1. The van der Waals surface area contributed by atoms with Crippen molar-refractivity contribution < 1.29 is 4.79 Å². The van der Waals surface area contributed by atoms with Gasteiger partial charge in [-0.05, 0) is 29.8 Å². The molecule has 0 aliphatic carbocycles. The Hall–Kier alpha value is -3.21. The summed E-state index contributed by atoms with van der Waals surface area (Å²) >= 11 is 0. The molecule has 2 aromatic carbocycles. The first-order valence-electron chi connectivity index (χ1n) is 8.69. The molecule has 0 saturated carbocycles. The summed E-state index contributed by atoms with van der Waals surface area (Å²) in [7, 11) is 0. The Morgan fingerprint density at radius 3 is 2.77 bits per heavy atom. The average Bonchev–Trinajstić information content (AvgIpc) is 3.06. The van der Waals surface area contributed by atoms with Gasteiger partial charge in [-0.2, -0.15) is 0 Å². The zero-order chi connectivity index (χ0) is 17.9. The molecule has 5 heteroatoms. The van der Waals surface area contributed by atoms with Crippen LogP contribution in [-0.2, 0) is 5.41 Å². The van der Waals surface area contributed by atoms with Crippen LogP contribution in [0.4, 0.5) is 0 Å². The van der Waals surface area contributed by atoms with Crippen molar-refractivity contribution in [2.24, 2.45) is 0 Å². The van der Waals surface area contributed by atoms with Gasteiger partial charge in [-0.3, -0.25) is 9.78 Å². The highest BCUT2D eigenvalue weighted by Crippen LogP contribution is 2.34. The number of carbonyl (C=O) groups is 1. The first kappa shape index (κ1) is 15.1. The van der Waals surface area contributed by atoms with Gasteiger partial charge in [-0.1, -0.05) is 32.0 Å². The SMILES string of the molecule is CC1(C)CNC(=O)c2cc3nc(-c4ccnc5ccccc45)[nH]c3cc21. The summed E-state index contributed by atoms with van der Waals surface area (Å²) in [6, 6.07) is 14.0. The molecule has 26 heavy (non-hydrogen) atoms. The second-order valence-electron chi connectivity index (χ2n) is 7.44. The first-order valence-corrected chi connectivity index (χ1v) is 8.69. The van der Waals surface area contributed by atoms with E-state index in [4.69, 9.17) is 4.98 Å². The Morgan fingerprint density at radius 1 is 1.04 bits per heavy atom. The number of hydrogen-bond acceptors (Lipinski definition) is 3. The Bertz CT molecular complexity index is 1180. The number of nitrogens with one attached hydrogen (secondary N) is 2. The van der Waals surface area contributed by atoms with Gasteiger partial charge in [0.05, 0.1) is 16.6 Å². The molecule has 1 amide bonds. The molecule has 0 radical (unpaired) electrons. The number of amides is 1. The summed E-state index contributed by atoms with van der Waals surface area (Å²) in [5, 5.41) is 4.02. The number of H-pyrrole nitrogens is 1. The van der Waals surface area contributed by atoms with Crippen molar-refractivity contribution in [3.8, 4) is 11.4 Å². The number of aromatic nitrogens is 3. The fourth-order valence-electron chi connectivity index (χ4n) is 3.73. The molecule has 0 atom stereocenters. The van der Waals surface area contributed by atoms with Crippen molar-refractivity contribution in [1.29, 1.82) is 0 Å². The number of hydrogen-bond donors (Lipinski definition) is 2. The van der Waals surface area contributed by atoms with Crippen molar-refractivity contribution in [1.82, 2.24) is 20.3 Å². The van der Waals surface area contributed by atoms with E-state index >= 15 is 0 Å². The highest BCUT2D eigenvalue weighted by molar-refractivity contribution is 6.01. The van der Waals surface area contributed by atoms with Crippen molar-refractivity contribution in [3.05, 3.63) is 59.8 Å². The molecule has 1 aliphatic heterocycles. The van der Waals surface area contributed by atoms with E-state index < -0.39 is 0 Å². The third kappa shape index (κ3) is 2.13. The molecule has 4 aromatic rings. The molecule has 0 bridgehead atoms. The summed E-state index contributed by atoms with van der Waals surface area (Å²) in [5.41, 5.74) is 5.36. The molecule has 1 aliphatic rings. The zero-order valence-corrected chi connectivity index (χ0v) is 14.6. The Balaban J connectivity index is 1.75. The van der Waals surface area contributed by atoms with Crippen LogP contribution in [0.1, 0.15) is 29.8 Å². The molecule has 2 aromatic heterocycles. The number of fused-ring (bicyclic) bond motifs is 3. The number of nitrogens with zero attached hydrogens (tertiary/aromatic N) is 2. The fraction of sp³-hybridized carbons (Fsp3) is 0.190. The number of imidazole rings is 1. The van der Waals surface area contributed by atoms with E-state index in [0.717, 1.165) is 38.9 Å². The lowest BCUT2D eigenvalue weighted by Gasteiger charge is -2.32. The lowest BCUT2D eigenvalue weighted by atomic mass is 9.79. The average molecular weight is 342 g/mol. The van der Waals surface area contributed by atoms with Gasteiger partial charge in [0.15, 0.2) is 0 Å². The van der Waals surface area contributed by atoms with Gasteiger partial charge >= 0.3 is 0 Å². The molecule has 0 spiro atoms. The maximum atomic E-state index is 12.3. The van der Waals surface area contributed by atoms with E-state index in [0.29, 0.717) is 12.1 Å². The molecule has 0 unspecified atom stereocenters. The predicted octanol–water partition coefficient (Wildman–Crippen LogP) is 3.80. The Kier molecular flexibility index (Phi) is 2.98. The minimum atomic E-state index is -0.105. The number of aromatic amines is 1. The van der Waals surface area contributed by atoms with E-state index in [1.807, 2.05) is 36.4 Å². The molecule has 3 heterocycles. The van der Waals surface area contributed by atoms with Gasteiger partial charge in [0.25, 0.3) is 5.91 Å². The highest BCUT2D eigenvalue weighted by atomic mass is 16.1. The largest absolute Gasteiger partial charge is 0.351 e. The van der Waals surface area contributed by atoms with Gasteiger partial charge in [0.2, 0.25) is 0 Å². The van der Waals surface area contributed by atoms with Crippen LogP contribution in [0.25, 0.3) is 33.3 Å². The molecular weight excluding hydrogens is 324 g/mol. The summed E-state index contributed by atoms with van der Waals surface area (Å²) in [6.45, 7) is 4.93. The molecule has 2 N–H and O–H groups in total. The quantitative estimate of drug-likeness (QED) is 0.553. The summed E-state index contributed by atoms with van der Waals surface area (Å²) in [4.78, 5) is 24.9. The molecule has 0 saturated heterocycles. The second-order valence-corrected chi connectivity index (χ2v) is 7.44. The molecular formula is C21H18N4O. The third-order valence-electron chi connectivity index (χ3n) is 5.19. The molecule has 5 rings (SSSR count). The monoisotopic (exact) mass is 342 g/mol. The van der Waals surface area contributed by atoms with Crippen LogP contribution in [-0.4, -0.2) is 27.4 Å². The minimum absolute atomic E-state index is 0.0277. The van der Waals surface area contributed by atoms with Crippen LogP contribution >= 0.6 is 0 Å². The van der Waals surface area contributed by atoms with E-state index in [1.165, 1.54) is 0 Å². The number of carbonyl (C=O) groups excluding carboxylic acids is 1. The number of benzene rings is 2. The topological polar surface area (TPSA) is 70.7 Å². The molecule has 5 nitrogen and oxygen atoms in total. The summed E-state index contributed by atoms with van der Waals surface area (Å²) in [5.74, 6) is 0.763. The lowest BCUT2D eigenvalue weighted by molar-refractivity contribution is 0.0930. The van der Waals surface area contributed by atoms with Crippen LogP contribution in [0.3, 0.4) is 0 Å². The normalized spacial score (nSPS) is 15.8. The van der Waals surface area contributed by atoms with Crippen LogP contribution in [0, 0.1) is 0 Å². The first-order chi connectivity index (χ1) is 12.5. The van der Waals surface area contributed by atoms with Crippen molar-refractivity contribution in [2.75, 3.05) is 6.54 Å². The Morgan fingerprint density at radius 2 is 1.88 bits per heavy atom. The molecule has 128 valence electrons. The standard InChI is InChI=1S/C21H18N4O/c1-21(2)11-23-20(26)14-9-17-18(10-15(14)21)25-19(24-17)13-7-8-22-16-6-4-3-5-12(13)16/h3-10H,11H2,1-2H3,(H,23,26)(H,24,25). The minimum Gasteiger partial charge on any atom is -0.351 e. The summed E-state index contributed by atoms with van der Waals surface area (Å²) < 4.78 is 0. The van der Waals surface area contributed by atoms with Gasteiger partial charge in [-0.25, -0.2) is 4.98 Å². The predicted molar refractivity (Wildman–Crippen MR) is 102 cm³/mol. The molecule has 0 fully saturated rings. The van der Waals surface area contributed by atoms with E-state index in [2.05, 4.69) is 35.2 Å².